The third-order valence-electron chi connectivity index (χ3n) is 6.67. The molecule has 1 amide bonds. The van der Waals surface area contributed by atoms with Crippen LogP contribution in [0.25, 0.3) is 0 Å². The van der Waals surface area contributed by atoms with Crippen molar-refractivity contribution in [3.05, 3.63) is 106 Å². The summed E-state index contributed by atoms with van der Waals surface area (Å²) < 4.78 is 14.1. The molecular formula is C28H28FN3O. The zero-order valence-corrected chi connectivity index (χ0v) is 19.1. The van der Waals surface area contributed by atoms with Crippen LogP contribution in [0.2, 0.25) is 0 Å². The van der Waals surface area contributed by atoms with Crippen LogP contribution in [0.3, 0.4) is 0 Å². The number of rotatable bonds is 4. The Bertz CT molecular complexity index is 1240. The number of carbonyl (C=O) groups is 1. The number of benzene rings is 3. The SMILES string of the molecule is Cc1ccc(C)c(C2=NN(C(=O)CN3CCc4ccccc4C3)[C@H](c3cccc(F)c3)C2)c1. The smallest absolute Gasteiger partial charge is 0.257 e. The molecular weight excluding hydrogens is 413 g/mol. The van der Waals surface area contributed by atoms with Gasteiger partial charge < -0.3 is 0 Å². The molecule has 0 saturated carbocycles. The van der Waals surface area contributed by atoms with Gasteiger partial charge in [0.1, 0.15) is 5.82 Å². The van der Waals surface area contributed by atoms with Gasteiger partial charge >= 0.3 is 0 Å². The molecule has 0 aliphatic carbocycles. The Kier molecular flexibility index (Phi) is 5.81. The molecule has 4 nitrogen and oxygen atoms in total. The number of fused-ring (bicyclic) bond motifs is 1. The highest BCUT2D eigenvalue weighted by Crippen LogP contribution is 2.34. The van der Waals surface area contributed by atoms with Gasteiger partial charge in [-0.1, -0.05) is 54.1 Å². The monoisotopic (exact) mass is 441 g/mol. The summed E-state index contributed by atoms with van der Waals surface area (Å²) in [6, 6.07) is 20.9. The van der Waals surface area contributed by atoms with Crippen LogP contribution in [-0.4, -0.2) is 34.6 Å². The molecule has 0 unspecified atom stereocenters. The van der Waals surface area contributed by atoms with Gasteiger partial charge in [0.25, 0.3) is 5.91 Å². The van der Waals surface area contributed by atoms with Gasteiger partial charge in [0.15, 0.2) is 0 Å². The second kappa shape index (κ2) is 8.91. The van der Waals surface area contributed by atoms with Gasteiger partial charge in [-0.15, -0.1) is 0 Å². The van der Waals surface area contributed by atoms with E-state index in [2.05, 4.69) is 55.1 Å². The van der Waals surface area contributed by atoms with Gasteiger partial charge in [-0.25, -0.2) is 9.40 Å². The quantitative estimate of drug-likeness (QED) is 0.559. The molecule has 0 fully saturated rings. The zero-order chi connectivity index (χ0) is 22.9. The zero-order valence-electron chi connectivity index (χ0n) is 19.1. The van der Waals surface area contributed by atoms with Crippen molar-refractivity contribution < 1.29 is 9.18 Å². The average molecular weight is 442 g/mol. The fraction of sp³-hybridized carbons (Fsp3) is 0.286. The van der Waals surface area contributed by atoms with Crippen molar-refractivity contribution in [3.8, 4) is 0 Å². The van der Waals surface area contributed by atoms with Crippen molar-refractivity contribution >= 4 is 11.6 Å². The van der Waals surface area contributed by atoms with Gasteiger partial charge in [0.05, 0.1) is 18.3 Å². The number of nitrogens with zero attached hydrogens (tertiary/aromatic N) is 3. The Balaban J connectivity index is 1.43. The first-order chi connectivity index (χ1) is 16.0. The molecule has 168 valence electrons. The Morgan fingerprint density at radius 1 is 1.03 bits per heavy atom. The summed E-state index contributed by atoms with van der Waals surface area (Å²) in [5.74, 6) is -0.350. The molecule has 5 rings (SSSR count). The molecule has 5 heteroatoms. The van der Waals surface area contributed by atoms with E-state index in [1.165, 1.54) is 23.3 Å². The number of hydrogen-bond acceptors (Lipinski definition) is 3. The van der Waals surface area contributed by atoms with E-state index in [0.29, 0.717) is 13.0 Å². The van der Waals surface area contributed by atoms with Crippen molar-refractivity contribution in [1.82, 2.24) is 9.91 Å². The van der Waals surface area contributed by atoms with Crippen LogP contribution in [-0.2, 0) is 17.8 Å². The molecule has 0 saturated heterocycles. The van der Waals surface area contributed by atoms with Crippen molar-refractivity contribution in [3.63, 3.8) is 0 Å². The number of carbonyl (C=O) groups excluding carboxylic acids is 1. The van der Waals surface area contributed by atoms with Crippen LogP contribution >= 0.6 is 0 Å². The molecule has 0 bridgehead atoms. The second-order valence-electron chi connectivity index (χ2n) is 9.11. The summed E-state index contributed by atoms with van der Waals surface area (Å²) in [5.41, 5.74) is 7.61. The van der Waals surface area contributed by atoms with E-state index in [9.17, 15) is 9.18 Å². The number of hydrogen-bond donors (Lipinski definition) is 0. The highest BCUT2D eigenvalue weighted by Gasteiger charge is 2.34. The first-order valence-corrected chi connectivity index (χ1v) is 11.5. The lowest BCUT2D eigenvalue weighted by atomic mass is 9.95. The van der Waals surface area contributed by atoms with E-state index >= 15 is 0 Å². The van der Waals surface area contributed by atoms with Crippen LogP contribution in [0.4, 0.5) is 4.39 Å². The molecule has 2 aliphatic heterocycles. The molecule has 3 aromatic rings. The predicted molar refractivity (Wildman–Crippen MR) is 128 cm³/mol. The van der Waals surface area contributed by atoms with Crippen molar-refractivity contribution in [2.24, 2.45) is 5.10 Å². The minimum Gasteiger partial charge on any atom is -0.290 e. The van der Waals surface area contributed by atoms with E-state index in [0.717, 1.165) is 47.5 Å². The van der Waals surface area contributed by atoms with Crippen LogP contribution in [0.1, 0.15) is 45.8 Å². The minimum absolute atomic E-state index is 0.0519. The van der Waals surface area contributed by atoms with Crippen LogP contribution in [0, 0.1) is 19.7 Å². The maximum absolute atomic E-state index is 14.1. The number of halogens is 1. The molecule has 0 aromatic heterocycles. The molecule has 0 radical (unpaired) electrons. The van der Waals surface area contributed by atoms with Crippen molar-refractivity contribution in [2.75, 3.05) is 13.1 Å². The standard InChI is InChI=1S/C28H28FN3O/c1-19-10-11-20(2)25(14-19)26-16-27(22-8-5-9-24(29)15-22)32(30-26)28(33)18-31-13-12-21-6-3-4-7-23(21)17-31/h3-11,14-15,27H,12-13,16-18H2,1-2H3/t27-/m0/s1. The molecule has 1 atom stereocenters. The van der Waals surface area contributed by atoms with E-state index < -0.39 is 0 Å². The summed E-state index contributed by atoms with van der Waals surface area (Å²) in [6.07, 6.45) is 1.51. The first kappa shape index (κ1) is 21.5. The van der Waals surface area contributed by atoms with Crippen LogP contribution in [0.15, 0.2) is 71.8 Å². The van der Waals surface area contributed by atoms with Gasteiger partial charge in [-0.05, 0) is 60.7 Å². The Hall–Kier alpha value is -3.31. The van der Waals surface area contributed by atoms with E-state index in [1.54, 1.807) is 11.1 Å². The van der Waals surface area contributed by atoms with Crippen molar-refractivity contribution in [2.45, 2.75) is 39.3 Å². The lowest BCUT2D eigenvalue weighted by molar-refractivity contribution is -0.134. The number of hydrazone groups is 1. The fourth-order valence-corrected chi connectivity index (χ4v) is 4.88. The summed E-state index contributed by atoms with van der Waals surface area (Å²) in [5, 5.41) is 6.40. The number of amides is 1. The highest BCUT2D eigenvalue weighted by atomic mass is 19.1. The van der Waals surface area contributed by atoms with E-state index in [1.807, 2.05) is 12.1 Å². The fourth-order valence-electron chi connectivity index (χ4n) is 4.88. The lowest BCUT2D eigenvalue weighted by Crippen LogP contribution is -2.40. The Morgan fingerprint density at radius 2 is 1.85 bits per heavy atom. The maximum Gasteiger partial charge on any atom is 0.257 e. The highest BCUT2D eigenvalue weighted by molar-refractivity contribution is 6.04. The number of aryl methyl sites for hydroxylation is 2. The Morgan fingerprint density at radius 3 is 2.67 bits per heavy atom. The molecule has 33 heavy (non-hydrogen) atoms. The largest absolute Gasteiger partial charge is 0.290 e. The van der Waals surface area contributed by atoms with E-state index in [-0.39, 0.29) is 17.8 Å². The van der Waals surface area contributed by atoms with Gasteiger partial charge in [-0.2, -0.15) is 5.10 Å². The van der Waals surface area contributed by atoms with Gasteiger partial charge in [-0.3, -0.25) is 9.69 Å². The van der Waals surface area contributed by atoms with Crippen LogP contribution in [0.5, 0.6) is 0 Å². The molecule has 3 aromatic carbocycles. The summed E-state index contributed by atoms with van der Waals surface area (Å²) >= 11 is 0. The van der Waals surface area contributed by atoms with E-state index in [4.69, 9.17) is 5.10 Å². The maximum atomic E-state index is 14.1. The normalized spacial score (nSPS) is 18.2. The Labute approximate surface area is 194 Å². The topological polar surface area (TPSA) is 35.9 Å². The predicted octanol–water partition coefficient (Wildman–Crippen LogP) is 5.18. The van der Waals surface area contributed by atoms with Crippen LogP contribution < -0.4 is 0 Å². The third kappa shape index (κ3) is 4.46. The minimum atomic E-state index is -0.305. The van der Waals surface area contributed by atoms with Gasteiger partial charge in [0, 0.05) is 25.1 Å². The molecule has 2 aliphatic rings. The lowest BCUT2D eigenvalue weighted by Gasteiger charge is -2.30. The molecule has 0 N–H and O–H groups in total. The van der Waals surface area contributed by atoms with Crippen molar-refractivity contribution in [1.29, 1.82) is 0 Å². The first-order valence-electron chi connectivity index (χ1n) is 11.5. The average Bonchev–Trinajstić information content (AvgIpc) is 3.26. The van der Waals surface area contributed by atoms with Gasteiger partial charge in [0.2, 0.25) is 0 Å². The summed E-state index contributed by atoms with van der Waals surface area (Å²) in [6.45, 7) is 6.01. The molecule has 2 heterocycles. The third-order valence-corrected chi connectivity index (χ3v) is 6.67. The second-order valence-corrected chi connectivity index (χ2v) is 9.11. The summed E-state index contributed by atoms with van der Waals surface area (Å²) in [7, 11) is 0. The summed E-state index contributed by atoms with van der Waals surface area (Å²) in [4.78, 5) is 15.7. The molecule has 0 spiro atoms.